The maximum atomic E-state index is 11.4. The molecular formula is C54H61BN2NaO8Y4-4. The van der Waals surface area contributed by atoms with E-state index in [4.69, 9.17) is 25.0 Å². The second kappa shape index (κ2) is 61.3. The molecule has 355 valence electrons. The van der Waals surface area contributed by atoms with Crippen LogP contribution in [0.1, 0.15) is 115 Å². The van der Waals surface area contributed by atoms with Crippen molar-refractivity contribution in [3.8, 4) is 49.4 Å². The minimum Gasteiger partial charge on any atom is -0.793 e. The molecule has 2 N–H and O–H groups in total. The van der Waals surface area contributed by atoms with E-state index >= 15 is 0 Å². The van der Waals surface area contributed by atoms with Crippen LogP contribution in [0.15, 0.2) is 77.8 Å². The first-order valence-electron chi connectivity index (χ1n) is 19.5. The number of carbonyl (C=O) groups excluding carboxylic acids is 5. The van der Waals surface area contributed by atoms with Crippen molar-refractivity contribution < 1.29 is 199 Å². The summed E-state index contributed by atoms with van der Waals surface area (Å²) in [6.45, 7) is 13.8. The molecule has 0 spiro atoms. The van der Waals surface area contributed by atoms with Gasteiger partial charge in [-0.2, -0.15) is 125 Å². The molecule has 0 amide bonds. The predicted molar refractivity (Wildman–Crippen MR) is 261 cm³/mol. The Labute approximate surface area is 544 Å². The van der Waals surface area contributed by atoms with Crippen LogP contribution in [0.3, 0.4) is 0 Å². The Morgan fingerprint density at radius 2 is 1.04 bits per heavy atom. The van der Waals surface area contributed by atoms with Crippen LogP contribution in [0.25, 0.3) is 0 Å². The molecule has 0 unspecified atom stereocenters. The fourth-order valence-corrected chi connectivity index (χ4v) is 3.73. The van der Waals surface area contributed by atoms with Crippen LogP contribution in [0.4, 0.5) is 0 Å². The molecule has 70 heavy (non-hydrogen) atoms. The number of nitrogens with two attached hydrogens (primary N) is 1. The van der Waals surface area contributed by atoms with Crippen molar-refractivity contribution in [3.63, 3.8) is 0 Å². The Morgan fingerprint density at radius 3 is 1.36 bits per heavy atom. The molecule has 0 aliphatic rings. The van der Waals surface area contributed by atoms with Crippen LogP contribution in [0, 0.1) is 101 Å². The molecule has 0 aromatic heterocycles. The normalized spacial score (nSPS) is 8.03. The van der Waals surface area contributed by atoms with Gasteiger partial charge in [-0.25, -0.2) is 19.4 Å². The Hall–Kier alpha value is -2.02. The molecule has 7 radical (unpaired) electrons. The van der Waals surface area contributed by atoms with E-state index in [0.717, 1.165) is 60.9 Å². The van der Waals surface area contributed by atoms with Crippen LogP contribution in [0.2, 0.25) is 0 Å². The summed E-state index contributed by atoms with van der Waals surface area (Å²) in [6.07, 6.45) is 25.6. The van der Waals surface area contributed by atoms with Crippen molar-refractivity contribution in [2.75, 3.05) is 13.1 Å². The van der Waals surface area contributed by atoms with Crippen molar-refractivity contribution >= 4 is 43.7 Å². The van der Waals surface area contributed by atoms with Crippen LogP contribution in [-0.4, -0.2) is 56.8 Å². The number of nitrogens with zero attached hydrogens (tertiary/aromatic N) is 1. The van der Waals surface area contributed by atoms with E-state index in [1.54, 1.807) is 25.3 Å². The van der Waals surface area contributed by atoms with E-state index in [1.165, 1.54) is 18.1 Å². The van der Waals surface area contributed by atoms with Gasteiger partial charge in [0.1, 0.15) is 11.6 Å². The zero-order valence-electron chi connectivity index (χ0n) is 41.4. The summed E-state index contributed by atoms with van der Waals surface area (Å²) in [7, 11) is 4.32. The summed E-state index contributed by atoms with van der Waals surface area (Å²) < 4.78 is 3.61. The SMILES string of the molecule is C.C#CCCC(=O)c1c[c-]c(C)cc1.C#CCCCc1c[c-]c(C)cc1.C#CCN.C#CCN=Cc1c[c-]c(C)cc1.CC(=O)OOC(C)=O.CC(=O)c1c[c-]c(C)cc1.[B-]OC(C)=O.[Na+].[Y].[Y].[Y].[Y]. The number of rotatable bonds is 9. The molecule has 16 heteroatoms. The van der Waals surface area contributed by atoms with Gasteiger partial charge in [0.25, 0.3) is 0 Å². The third-order valence-electron chi connectivity index (χ3n) is 6.96. The molecule has 0 saturated heterocycles. The van der Waals surface area contributed by atoms with E-state index in [-0.39, 0.29) is 179 Å². The molecule has 4 aromatic carbocycles. The van der Waals surface area contributed by atoms with E-state index in [1.807, 2.05) is 76.2 Å². The molecule has 0 heterocycles. The maximum Gasteiger partial charge on any atom is 1.00 e. The fourth-order valence-electron chi connectivity index (χ4n) is 3.73. The third kappa shape index (κ3) is 60.3. The fraction of sp³-hybridized carbons (Fsp3) is 0.296. The molecule has 4 aromatic rings. The monoisotopic (exact) mass is 1260 g/mol. The van der Waals surface area contributed by atoms with E-state index in [2.05, 4.69) is 94.0 Å². The Morgan fingerprint density at radius 1 is 0.629 bits per heavy atom. The molecule has 0 atom stereocenters. The van der Waals surface area contributed by atoms with Crippen molar-refractivity contribution in [1.29, 1.82) is 0 Å². The number of hydrogen-bond donors (Lipinski definition) is 1. The van der Waals surface area contributed by atoms with E-state index in [0.29, 0.717) is 31.5 Å². The molecule has 0 saturated carbocycles. The number of benzene rings is 4. The van der Waals surface area contributed by atoms with Gasteiger partial charge >= 0.3 is 41.5 Å². The smallest absolute Gasteiger partial charge is 0.793 e. The topological polar surface area (TPSA) is 151 Å². The van der Waals surface area contributed by atoms with Crippen LogP contribution in [0.5, 0.6) is 0 Å². The summed E-state index contributed by atoms with van der Waals surface area (Å²) >= 11 is 0. The van der Waals surface area contributed by atoms with Gasteiger partial charge < -0.3 is 28.0 Å². The molecular weight excluding hydrogens is 1190 g/mol. The number of aliphatic imine (C=N–C) groups is 1. The number of ketones is 2. The number of terminal acetylenes is 4. The predicted octanol–water partition coefficient (Wildman–Crippen LogP) is 5.86. The summed E-state index contributed by atoms with van der Waals surface area (Å²) in [4.78, 5) is 62.9. The van der Waals surface area contributed by atoms with Gasteiger partial charge in [-0.1, -0.05) is 64.5 Å². The molecule has 0 bridgehead atoms. The van der Waals surface area contributed by atoms with Gasteiger partial charge in [0.15, 0.2) is 0 Å². The first-order chi connectivity index (χ1) is 30.4. The number of Topliss-reactive ketones (excluding diaryl/α,β-unsaturated/α-hetero) is 2. The van der Waals surface area contributed by atoms with Crippen molar-refractivity contribution in [1.82, 2.24) is 0 Å². The Kier molecular flexibility index (Phi) is 76.8. The maximum absolute atomic E-state index is 11.4. The Balaban J connectivity index is -0.0000000896. The average Bonchev–Trinajstić information content (AvgIpc) is 3.28. The van der Waals surface area contributed by atoms with Gasteiger partial charge in [0.2, 0.25) is 5.97 Å². The number of carbonyl (C=O) groups is 5. The van der Waals surface area contributed by atoms with Gasteiger partial charge in [-0.05, 0) is 19.6 Å². The quantitative estimate of drug-likeness (QED) is 0.0318. The molecule has 0 aliphatic heterocycles. The van der Waals surface area contributed by atoms with Gasteiger partial charge in [-0.3, -0.25) is 9.79 Å². The van der Waals surface area contributed by atoms with Crippen LogP contribution < -0.4 is 35.3 Å². The zero-order chi connectivity index (χ0) is 49.1. The second-order valence-electron chi connectivity index (χ2n) is 12.8. The van der Waals surface area contributed by atoms with Gasteiger partial charge in [0.05, 0.1) is 13.1 Å². The summed E-state index contributed by atoms with van der Waals surface area (Å²) in [5.41, 5.74) is 13.0. The van der Waals surface area contributed by atoms with Gasteiger partial charge in [-0.15, -0.1) is 43.1 Å². The van der Waals surface area contributed by atoms with E-state index < -0.39 is 17.9 Å². The number of unbranched alkanes of at least 4 members (excludes halogenated alkanes) is 1. The number of hydrogen-bond acceptors (Lipinski definition) is 10. The largest absolute Gasteiger partial charge is 1.00 e. The Bertz CT molecular complexity index is 2150. The van der Waals surface area contributed by atoms with Crippen LogP contribution >= 0.6 is 0 Å². The minimum absolute atomic E-state index is 0. The average molecular weight is 1260 g/mol. The van der Waals surface area contributed by atoms with Crippen molar-refractivity contribution in [2.24, 2.45) is 10.7 Å². The first kappa shape index (κ1) is 87.7. The molecule has 10 nitrogen and oxygen atoms in total. The first-order valence-corrected chi connectivity index (χ1v) is 19.5. The standard InChI is InChI=1S/C12H11O.C12H13.C11H10N.C9H9O.C4H6O4.C3H5N.C2H3BO2.CH4.Na.4Y/c1-3-4-5-12(13)11-8-6-10(2)7-9-11;1-3-4-5-6-12-9-7-11(2)8-10-12;1-3-8-12-9-11-6-4-10(2)5-7-11;1-7-3-5-9(6-4-7)8(2)10;1-3(5)7-8-4(2)6;1-2-3-4;1-2(4)5-3;;;;;;/h1,6,8-9H,4-5H2,2H3;1,7,9-10H,4-6H2,2H3;1,4,6-7,9H,8H2,2H3;3,5-6H,1-2H3;1-2H3;1H,3-4H2;1H3;1H4;;;;;/q4*-1;;;-1;;+1;;;;. The second-order valence-corrected chi connectivity index (χ2v) is 12.8. The van der Waals surface area contributed by atoms with Crippen molar-refractivity contribution in [2.45, 2.75) is 94.9 Å². The summed E-state index contributed by atoms with van der Waals surface area (Å²) in [5, 5.41) is 0. The zero-order valence-corrected chi connectivity index (χ0v) is 54.8. The van der Waals surface area contributed by atoms with Crippen LogP contribution in [-0.2, 0) is 166 Å². The molecule has 0 aliphatic carbocycles. The summed E-state index contributed by atoms with van der Waals surface area (Å²) in [6, 6.07) is 35.2. The van der Waals surface area contributed by atoms with Gasteiger partial charge in [0, 0.05) is 171 Å². The third-order valence-corrected chi connectivity index (χ3v) is 6.96. The van der Waals surface area contributed by atoms with Crippen molar-refractivity contribution in [3.05, 3.63) is 142 Å². The molecule has 0 fully saturated rings. The minimum atomic E-state index is -0.639. The molecule has 4 rings (SSSR count). The van der Waals surface area contributed by atoms with E-state index in [9.17, 15) is 24.0 Å². The number of aryl methyl sites for hydroxylation is 5. The summed E-state index contributed by atoms with van der Waals surface area (Å²) in [5.74, 6) is 8.18.